The molecule has 0 aliphatic carbocycles. The standard InChI is InChI=1S/C18H23NO/c1-13(2)10-11-20-18-9-8-15-6-4-5-7-16(15)17(18)12-14(3)19/h4-10,14H,11-12,19H2,1-3H3. The molecule has 0 radical (unpaired) electrons. The topological polar surface area (TPSA) is 35.2 Å². The maximum atomic E-state index is 5.99. The lowest BCUT2D eigenvalue weighted by molar-refractivity contribution is 0.358. The fraction of sp³-hybridized carbons (Fsp3) is 0.333. The van der Waals surface area contributed by atoms with Gasteiger partial charge in [-0.1, -0.05) is 35.9 Å². The van der Waals surface area contributed by atoms with Crippen LogP contribution in [0.2, 0.25) is 0 Å². The van der Waals surface area contributed by atoms with Crippen LogP contribution in [-0.2, 0) is 6.42 Å². The minimum Gasteiger partial charge on any atom is -0.489 e. The molecule has 2 nitrogen and oxygen atoms in total. The van der Waals surface area contributed by atoms with Gasteiger partial charge in [0, 0.05) is 11.6 Å². The van der Waals surface area contributed by atoms with Crippen LogP contribution in [-0.4, -0.2) is 12.6 Å². The zero-order chi connectivity index (χ0) is 14.5. The molecule has 0 aromatic heterocycles. The van der Waals surface area contributed by atoms with Crippen molar-refractivity contribution in [2.75, 3.05) is 6.61 Å². The fourth-order valence-electron chi connectivity index (χ4n) is 2.28. The Kier molecular flexibility index (Phi) is 4.80. The number of fused-ring (bicyclic) bond motifs is 1. The molecule has 2 heteroatoms. The van der Waals surface area contributed by atoms with E-state index in [2.05, 4.69) is 56.3 Å². The Morgan fingerprint density at radius 3 is 2.65 bits per heavy atom. The first-order valence-corrected chi connectivity index (χ1v) is 7.10. The van der Waals surface area contributed by atoms with Crippen LogP contribution in [0, 0.1) is 0 Å². The van der Waals surface area contributed by atoms with E-state index in [1.807, 2.05) is 6.92 Å². The molecule has 0 bridgehead atoms. The summed E-state index contributed by atoms with van der Waals surface area (Å²) in [4.78, 5) is 0. The highest BCUT2D eigenvalue weighted by atomic mass is 16.5. The Labute approximate surface area is 121 Å². The van der Waals surface area contributed by atoms with Crippen molar-refractivity contribution in [2.24, 2.45) is 5.73 Å². The number of rotatable bonds is 5. The van der Waals surface area contributed by atoms with Gasteiger partial charge in [-0.2, -0.15) is 0 Å². The summed E-state index contributed by atoms with van der Waals surface area (Å²) >= 11 is 0. The molecule has 0 spiro atoms. The first-order valence-electron chi connectivity index (χ1n) is 7.10. The molecule has 0 amide bonds. The first kappa shape index (κ1) is 14.6. The minimum absolute atomic E-state index is 0.117. The highest BCUT2D eigenvalue weighted by molar-refractivity contribution is 5.87. The predicted molar refractivity (Wildman–Crippen MR) is 86.2 cm³/mol. The molecular weight excluding hydrogens is 246 g/mol. The van der Waals surface area contributed by atoms with Crippen LogP contribution in [0.1, 0.15) is 26.3 Å². The van der Waals surface area contributed by atoms with Crippen LogP contribution < -0.4 is 10.5 Å². The van der Waals surface area contributed by atoms with E-state index in [-0.39, 0.29) is 6.04 Å². The highest BCUT2D eigenvalue weighted by Gasteiger charge is 2.10. The average Bonchev–Trinajstić information content (AvgIpc) is 2.40. The Morgan fingerprint density at radius 2 is 1.95 bits per heavy atom. The third-order valence-corrected chi connectivity index (χ3v) is 3.25. The second-order valence-electron chi connectivity index (χ2n) is 5.54. The Bertz CT molecular complexity index is 610. The van der Waals surface area contributed by atoms with E-state index in [1.165, 1.54) is 21.9 Å². The fourth-order valence-corrected chi connectivity index (χ4v) is 2.28. The van der Waals surface area contributed by atoms with E-state index in [9.17, 15) is 0 Å². The molecule has 0 heterocycles. The summed E-state index contributed by atoms with van der Waals surface area (Å²) in [6.07, 6.45) is 2.91. The van der Waals surface area contributed by atoms with Crippen LogP contribution in [0.15, 0.2) is 48.0 Å². The van der Waals surface area contributed by atoms with E-state index in [0.29, 0.717) is 6.61 Å². The largest absolute Gasteiger partial charge is 0.489 e. The zero-order valence-corrected chi connectivity index (χ0v) is 12.5. The van der Waals surface area contributed by atoms with Crippen LogP contribution in [0.5, 0.6) is 5.75 Å². The lowest BCUT2D eigenvalue weighted by atomic mass is 9.98. The molecular formula is C18H23NO. The third kappa shape index (κ3) is 3.61. The van der Waals surface area contributed by atoms with Gasteiger partial charge in [0.1, 0.15) is 12.4 Å². The summed E-state index contributed by atoms with van der Waals surface area (Å²) in [5.74, 6) is 0.943. The summed E-state index contributed by atoms with van der Waals surface area (Å²) in [6, 6.07) is 12.7. The number of nitrogens with two attached hydrogens (primary N) is 1. The van der Waals surface area contributed by atoms with Crippen LogP contribution in [0.4, 0.5) is 0 Å². The number of ether oxygens (including phenoxy) is 1. The third-order valence-electron chi connectivity index (χ3n) is 3.25. The van der Waals surface area contributed by atoms with Gasteiger partial charge in [-0.05, 0) is 50.1 Å². The maximum Gasteiger partial charge on any atom is 0.123 e. The van der Waals surface area contributed by atoms with E-state index < -0.39 is 0 Å². The summed E-state index contributed by atoms with van der Waals surface area (Å²) in [5, 5.41) is 2.47. The van der Waals surface area contributed by atoms with Gasteiger partial charge in [0.05, 0.1) is 0 Å². The van der Waals surface area contributed by atoms with Gasteiger partial charge in [-0.15, -0.1) is 0 Å². The SMILES string of the molecule is CC(C)=CCOc1ccc2ccccc2c1CC(C)N. The van der Waals surface area contributed by atoms with Crippen molar-refractivity contribution in [1.82, 2.24) is 0 Å². The summed E-state index contributed by atoms with van der Waals surface area (Å²) in [7, 11) is 0. The van der Waals surface area contributed by atoms with Crippen LogP contribution >= 0.6 is 0 Å². The molecule has 106 valence electrons. The zero-order valence-electron chi connectivity index (χ0n) is 12.5. The van der Waals surface area contributed by atoms with Gasteiger partial charge in [-0.25, -0.2) is 0 Å². The van der Waals surface area contributed by atoms with Crippen molar-refractivity contribution in [2.45, 2.75) is 33.2 Å². The van der Waals surface area contributed by atoms with Gasteiger partial charge < -0.3 is 10.5 Å². The number of allylic oxidation sites excluding steroid dienone is 1. The predicted octanol–water partition coefficient (Wildman–Crippen LogP) is 4.07. The van der Waals surface area contributed by atoms with Crippen molar-refractivity contribution in [1.29, 1.82) is 0 Å². The van der Waals surface area contributed by atoms with Crippen molar-refractivity contribution in [3.05, 3.63) is 53.6 Å². The van der Waals surface area contributed by atoms with E-state index >= 15 is 0 Å². The van der Waals surface area contributed by atoms with Gasteiger partial charge >= 0.3 is 0 Å². The maximum absolute atomic E-state index is 5.99. The van der Waals surface area contributed by atoms with Gasteiger partial charge in [0.15, 0.2) is 0 Å². The van der Waals surface area contributed by atoms with E-state index in [0.717, 1.165) is 12.2 Å². The van der Waals surface area contributed by atoms with Gasteiger partial charge in [-0.3, -0.25) is 0 Å². The van der Waals surface area contributed by atoms with Crippen molar-refractivity contribution in [3.8, 4) is 5.75 Å². The molecule has 1 unspecified atom stereocenters. The van der Waals surface area contributed by atoms with Crippen molar-refractivity contribution >= 4 is 10.8 Å². The quantitative estimate of drug-likeness (QED) is 0.830. The molecule has 0 aliphatic rings. The average molecular weight is 269 g/mol. The molecule has 0 saturated carbocycles. The summed E-state index contributed by atoms with van der Waals surface area (Å²) in [6.45, 7) is 6.79. The molecule has 0 saturated heterocycles. The molecule has 2 aromatic rings. The van der Waals surface area contributed by atoms with E-state index in [4.69, 9.17) is 10.5 Å². The summed E-state index contributed by atoms with van der Waals surface area (Å²) < 4.78 is 5.93. The van der Waals surface area contributed by atoms with E-state index in [1.54, 1.807) is 0 Å². The molecule has 2 aromatic carbocycles. The number of hydrogen-bond acceptors (Lipinski definition) is 2. The molecule has 0 fully saturated rings. The monoisotopic (exact) mass is 269 g/mol. The molecule has 2 N–H and O–H groups in total. The summed E-state index contributed by atoms with van der Waals surface area (Å²) in [5.41, 5.74) is 8.47. The smallest absolute Gasteiger partial charge is 0.123 e. The lowest BCUT2D eigenvalue weighted by Crippen LogP contribution is -2.18. The normalized spacial score (nSPS) is 12.2. The van der Waals surface area contributed by atoms with Crippen LogP contribution in [0.25, 0.3) is 10.8 Å². The first-order chi connectivity index (χ1) is 9.58. The Balaban J connectivity index is 2.39. The second kappa shape index (κ2) is 6.58. The number of benzene rings is 2. The second-order valence-corrected chi connectivity index (χ2v) is 5.54. The van der Waals surface area contributed by atoms with Crippen LogP contribution in [0.3, 0.4) is 0 Å². The lowest BCUT2D eigenvalue weighted by Gasteiger charge is -2.15. The molecule has 2 rings (SSSR count). The number of hydrogen-bond donors (Lipinski definition) is 1. The van der Waals surface area contributed by atoms with Gasteiger partial charge in [0.25, 0.3) is 0 Å². The molecule has 0 aliphatic heterocycles. The Hall–Kier alpha value is -1.80. The Morgan fingerprint density at radius 1 is 1.20 bits per heavy atom. The molecule has 1 atom stereocenters. The van der Waals surface area contributed by atoms with Crippen molar-refractivity contribution < 1.29 is 4.74 Å². The minimum atomic E-state index is 0.117. The highest BCUT2D eigenvalue weighted by Crippen LogP contribution is 2.29. The van der Waals surface area contributed by atoms with Gasteiger partial charge in [0.2, 0.25) is 0 Å². The molecule has 20 heavy (non-hydrogen) atoms. The van der Waals surface area contributed by atoms with Crippen molar-refractivity contribution in [3.63, 3.8) is 0 Å².